The van der Waals surface area contributed by atoms with Crippen molar-refractivity contribution in [3.8, 4) is 0 Å². The van der Waals surface area contributed by atoms with Crippen LogP contribution in [0.25, 0.3) is 0 Å². The van der Waals surface area contributed by atoms with E-state index in [-0.39, 0.29) is 5.23 Å². The first-order valence-electron chi connectivity index (χ1n) is 3.15. The Bertz CT molecular complexity index is 261. The maximum atomic E-state index is 8.59. The fraction of sp³-hybridized carbons (Fsp3) is 0.143. The van der Waals surface area contributed by atoms with Crippen molar-refractivity contribution >= 4 is 11.4 Å². The first kappa shape index (κ1) is 7.84. The molecule has 11 heavy (non-hydrogen) atoms. The van der Waals surface area contributed by atoms with E-state index in [0.29, 0.717) is 11.4 Å². The van der Waals surface area contributed by atoms with E-state index in [1.54, 1.807) is 19.1 Å². The lowest BCUT2D eigenvalue weighted by atomic mass is 10.2. The Labute approximate surface area is 64.4 Å². The normalized spacial score (nSPS) is 9.73. The van der Waals surface area contributed by atoms with Gasteiger partial charge in [0.05, 0.1) is 5.69 Å². The van der Waals surface area contributed by atoms with Gasteiger partial charge in [0.2, 0.25) is 0 Å². The summed E-state index contributed by atoms with van der Waals surface area (Å²) < 4.78 is 0. The third-order valence-electron chi connectivity index (χ3n) is 1.48. The van der Waals surface area contributed by atoms with E-state index in [4.69, 9.17) is 16.1 Å². The number of nitrogens with two attached hydrogens (primary N) is 1. The summed E-state index contributed by atoms with van der Waals surface area (Å²) in [5.41, 5.74) is 7.26. The van der Waals surface area contributed by atoms with Crippen LogP contribution in [-0.2, 0) is 0 Å². The molecule has 1 rings (SSSR count). The van der Waals surface area contributed by atoms with Crippen LogP contribution in [0.1, 0.15) is 5.56 Å². The number of hydrogen-bond acceptors (Lipinski definition) is 4. The maximum absolute atomic E-state index is 8.59. The Balaban J connectivity index is 3.05. The smallest absolute Gasteiger partial charge is 0.0946 e. The standard InChI is InChI=1S/C7H10N2O2/c1-5-4-6(9(10)11)2-3-7(5)8/h2-4,10-11H,8H2,1H3. The van der Waals surface area contributed by atoms with Crippen molar-refractivity contribution in [2.75, 3.05) is 11.0 Å². The summed E-state index contributed by atoms with van der Waals surface area (Å²) in [5, 5.41) is 17.2. The molecule has 0 heterocycles. The van der Waals surface area contributed by atoms with Crippen molar-refractivity contribution in [1.29, 1.82) is 0 Å². The van der Waals surface area contributed by atoms with Gasteiger partial charge < -0.3 is 5.73 Å². The summed E-state index contributed by atoms with van der Waals surface area (Å²) in [6.07, 6.45) is 0. The van der Waals surface area contributed by atoms with E-state index in [9.17, 15) is 0 Å². The van der Waals surface area contributed by atoms with Crippen LogP contribution in [0.4, 0.5) is 11.4 Å². The monoisotopic (exact) mass is 154 g/mol. The van der Waals surface area contributed by atoms with Crippen LogP contribution in [0.2, 0.25) is 0 Å². The summed E-state index contributed by atoms with van der Waals surface area (Å²) in [4.78, 5) is 0. The van der Waals surface area contributed by atoms with Crippen LogP contribution < -0.4 is 11.0 Å². The van der Waals surface area contributed by atoms with Gasteiger partial charge in [0.15, 0.2) is 0 Å². The molecule has 1 aromatic carbocycles. The van der Waals surface area contributed by atoms with Crippen molar-refractivity contribution in [3.05, 3.63) is 23.8 Å². The van der Waals surface area contributed by atoms with Crippen LogP contribution in [0.3, 0.4) is 0 Å². The number of aryl methyl sites for hydroxylation is 1. The molecule has 0 aliphatic heterocycles. The zero-order valence-corrected chi connectivity index (χ0v) is 6.15. The van der Waals surface area contributed by atoms with E-state index in [2.05, 4.69) is 0 Å². The molecule has 0 amide bonds. The lowest BCUT2D eigenvalue weighted by molar-refractivity contribution is 0.0291. The molecule has 0 aliphatic carbocycles. The second-order valence-corrected chi connectivity index (χ2v) is 2.33. The van der Waals surface area contributed by atoms with Crippen LogP contribution in [0.15, 0.2) is 18.2 Å². The molecule has 0 aromatic heterocycles. The molecule has 0 saturated heterocycles. The third kappa shape index (κ3) is 1.60. The van der Waals surface area contributed by atoms with E-state index in [1.165, 1.54) is 6.07 Å². The minimum atomic E-state index is 0.0619. The van der Waals surface area contributed by atoms with E-state index >= 15 is 0 Å². The minimum absolute atomic E-state index is 0.0619. The van der Waals surface area contributed by atoms with Crippen molar-refractivity contribution < 1.29 is 10.4 Å². The van der Waals surface area contributed by atoms with Crippen LogP contribution >= 0.6 is 0 Å². The lowest BCUT2D eigenvalue weighted by Crippen LogP contribution is -2.11. The summed E-state index contributed by atoms with van der Waals surface area (Å²) >= 11 is 0. The predicted molar refractivity (Wildman–Crippen MR) is 41.6 cm³/mol. The van der Waals surface area contributed by atoms with Gasteiger partial charge in [-0.3, -0.25) is 10.4 Å². The van der Waals surface area contributed by atoms with Gasteiger partial charge in [-0.25, -0.2) is 0 Å². The number of anilines is 2. The molecule has 0 bridgehead atoms. The fourth-order valence-corrected chi connectivity index (χ4v) is 0.784. The largest absolute Gasteiger partial charge is 0.399 e. The van der Waals surface area contributed by atoms with Crippen molar-refractivity contribution in [2.24, 2.45) is 0 Å². The molecule has 1 aromatic rings. The van der Waals surface area contributed by atoms with Gasteiger partial charge in [-0.2, -0.15) is 0 Å². The summed E-state index contributed by atoms with van der Waals surface area (Å²) in [7, 11) is 0. The van der Waals surface area contributed by atoms with Gasteiger partial charge >= 0.3 is 0 Å². The highest BCUT2D eigenvalue weighted by Crippen LogP contribution is 2.17. The summed E-state index contributed by atoms with van der Waals surface area (Å²) in [6, 6.07) is 4.71. The van der Waals surface area contributed by atoms with Crippen LogP contribution in [0, 0.1) is 6.92 Å². The highest BCUT2D eigenvalue weighted by molar-refractivity contribution is 5.55. The molecule has 4 heteroatoms. The molecular weight excluding hydrogens is 144 g/mol. The maximum Gasteiger partial charge on any atom is 0.0946 e. The Morgan fingerprint density at radius 3 is 2.45 bits per heavy atom. The predicted octanol–water partition coefficient (Wildman–Crippen LogP) is 1.16. The number of nitrogens with zero attached hydrogens (tertiary/aromatic N) is 1. The first-order valence-corrected chi connectivity index (χ1v) is 3.15. The minimum Gasteiger partial charge on any atom is -0.399 e. The van der Waals surface area contributed by atoms with Gasteiger partial charge in [-0.05, 0) is 30.7 Å². The molecule has 0 saturated carbocycles. The Kier molecular flexibility index (Phi) is 1.98. The zero-order valence-electron chi connectivity index (χ0n) is 6.15. The van der Waals surface area contributed by atoms with E-state index < -0.39 is 0 Å². The molecule has 0 aliphatic rings. The average molecular weight is 154 g/mol. The highest BCUT2D eigenvalue weighted by Gasteiger charge is 1.99. The van der Waals surface area contributed by atoms with Gasteiger partial charge in [-0.15, -0.1) is 5.23 Å². The molecule has 60 valence electrons. The lowest BCUT2D eigenvalue weighted by Gasteiger charge is -2.08. The third-order valence-corrected chi connectivity index (χ3v) is 1.48. The Morgan fingerprint density at radius 2 is 2.00 bits per heavy atom. The molecular formula is C7H10N2O2. The van der Waals surface area contributed by atoms with Crippen molar-refractivity contribution in [1.82, 2.24) is 0 Å². The second-order valence-electron chi connectivity index (χ2n) is 2.33. The SMILES string of the molecule is Cc1cc(N(O)O)ccc1N. The van der Waals surface area contributed by atoms with Gasteiger partial charge in [0.1, 0.15) is 0 Å². The topological polar surface area (TPSA) is 69.7 Å². The molecule has 4 N–H and O–H groups in total. The molecule has 0 fully saturated rings. The van der Waals surface area contributed by atoms with Crippen LogP contribution in [-0.4, -0.2) is 10.4 Å². The zero-order chi connectivity index (χ0) is 8.43. The molecule has 0 unspecified atom stereocenters. The Morgan fingerprint density at radius 1 is 1.36 bits per heavy atom. The molecule has 4 nitrogen and oxygen atoms in total. The summed E-state index contributed by atoms with van der Waals surface area (Å²) in [5.74, 6) is 0. The average Bonchev–Trinajstić information content (AvgIpc) is 1.94. The van der Waals surface area contributed by atoms with E-state index in [1.807, 2.05) is 0 Å². The fourth-order valence-electron chi connectivity index (χ4n) is 0.784. The first-order chi connectivity index (χ1) is 5.11. The Hall–Kier alpha value is -1.26. The molecule has 0 atom stereocenters. The quantitative estimate of drug-likeness (QED) is 0.419. The van der Waals surface area contributed by atoms with Gasteiger partial charge in [-0.1, -0.05) is 0 Å². The van der Waals surface area contributed by atoms with Crippen molar-refractivity contribution in [2.45, 2.75) is 6.92 Å². The molecule has 0 spiro atoms. The number of hydrogen-bond donors (Lipinski definition) is 3. The van der Waals surface area contributed by atoms with Gasteiger partial charge in [0.25, 0.3) is 0 Å². The number of nitrogen functional groups attached to an aromatic ring is 1. The van der Waals surface area contributed by atoms with Crippen LogP contribution in [0.5, 0.6) is 0 Å². The van der Waals surface area contributed by atoms with Crippen molar-refractivity contribution in [3.63, 3.8) is 0 Å². The highest BCUT2D eigenvalue weighted by atomic mass is 16.8. The van der Waals surface area contributed by atoms with E-state index in [0.717, 1.165) is 5.56 Å². The van der Waals surface area contributed by atoms with Gasteiger partial charge in [0, 0.05) is 5.69 Å². The second kappa shape index (κ2) is 2.77. The number of rotatable bonds is 1. The molecule has 0 radical (unpaired) electrons. The number of benzene rings is 1. The summed E-state index contributed by atoms with van der Waals surface area (Å²) in [6.45, 7) is 1.79.